The molecule has 0 spiro atoms. The number of esters is 1. The van der Waals surface area contributed by atoms with Gasteiger partial charge >= 0.3 is 5.97 Å². The van der Waals surface area contributed by atoms with Crippen molar-refractivity contribution in [2.24, 2.45) is 0 Å². The second kappa shape index (κ2) is 7.08. The first-order valence-electron chi connectivity index (χ1n) is 7.58. The molecule has 1 unspecified atom stereocenters. The third-order valence-corrected chi connectivity index (χ3v) is 3.82. The zero-order valence-electron chi connectivity index (χ0n) is 13.2. The van der Waals surface area contributed by atoms with Gasteiger partial charge in [0.15, 0.2) is 0 Å². The van der Waals surface area contributed by atoms with Crippen LogP contribution in [-0.2, 0) is 4.74 Å². The topological polar surface area (TPSA) is 81.6 Å². The lowest BCUT2D eigenvalue weighted by atomic mass is 10.1. The molecule has 0 saturated carbocycles. The lowest BCUT2D eigenvalue weighted by Gasteiger charge is -2.18. The van der Waals surface area contributed by atoms with E-state index in [1.54, 1.807) is 41.6 Å². The molecule has 1 saturated heterocycles. The van der Waals surface area contributed by atoms with Crippen molar-refractivity contribution in [3.63, 3.8) is 0 Å². The van der Waals surface area contributed by atoms with E-state index in [2.05, 4.69) is 9.97 Å². The Morgan fingerprint density at radius 3 is 2.71 bits per heavy atom. The van der Waals surface area contributed by atoms with Crippen molar-refractivity contribution in [2.75, 3.05) is 20.2 Å². The fraction of sp³-hybridized carbons (Fsp3) is 0.294. The minimum absolute atomic E-state index is 0.143. The number of aromatic nitrogens is 2. The maximum Gasteiger partial charge on any atom is 0.338 e. The van der Waals surface area contributed by atoms with E-state index in [0.717, 1.165) is 0 Å². The quantitative estimate of drug-likeness (QED) is 0.793. The summed E-state index contributed by atoms with van der Waals surface area (Å²) in [6.07, 6.45) is 5.22. The number of carbonyl (C=O) groups is 2. The van der Waals surface area contributed by atoms with Crippen LogP contribution in [0.3, 0.4) is 0 Å². The molecular formula is C17H17N3O4. The summed E-state index contributed by atoms with van der Waals surface area (Å²) in [6, 6.07) is 6.64. The van der Waals surface area contributed by atoms with E-state index in [0.29, 0.717) is 31.0 Å². The van der Waals surface area contributed by atoms with E-state index in [9.17, 15) is 9.59 Å². The predicted octanol–water partition coefficient (Wildman–Crippen LogP) is 1.56. The summed E-state index contributed by atoms with van der Waals surface area (Å²) >= 11 is 0. The average molecular weight is 327 g/mol. The van der Waals surface area contributed by atoms with E-state index in [-0.39, 0.29) is 17.6 Å². The Morgan fingerprint density at radius 1 is 1.21 bits per heavy atom. The number of benzene rings is 1. The standard InChI is InChI=1S/C17H17N3O4/c1-23-17(22)14-5-3-2-4-13(14)16(21)20-9-6-12(11-20)24-15-10-18-7-8-19-15/h2-5,7-8,10,12H,6,9,11H2,1H3. The second-order valence-electron chi connectivity index (χ2n) is 5.36. The molecule has 124 valence electrons. The van der Waals surface area contributed by atoms with Gasteiger partial charge < -0.3 is 14.4 Å². The smallest absolute Gasteiger partial charge is 0.338 e. The first kappa shape index (κ1) is 15.9. The van der Waals surface area contributed by atoms with Crippen LogP contribution in [0.2, 0.25) is 0 Å². The number of ether oxygens (including phenoxy) is 2. The fourth-order valence-corrected chi connectivity index (χ4v) is 2.65. The summed E-state index contributed by atoms with van der Waals surface area (Å²) in [7, 11) is 1.30. The van der Waals surface area contributed by atoms with Gasteiger partial charge in [0.25, 0.3) is 5.91 Å². The molecule has 1 aliphatic rings. The molecule has 1 amide bonds. The van der Waals surface area contributed by atoms with Crippen LogP contribution >= 0.6 is 0 Å². The Morgan fingerprint density at radius 2 is 2.00 bits per heavy atom. The molecule has 24 heavy (non-hydrogen) atoms. The summed E-state index contributed by atoms with van der Waals surface area (Å²) in [5.74, 6) is -0.293. The van der Waals surface area contributed by atoms with Crippen LogP contribution in [0.25, 0.3) is 0 Å². The SMILES string of the molecule is COC(=O)c1ccccc1C(=O)N1CCC(Oc2cnccn2)C1. The zero-order chi connectivity index (χ0) is 16.9. The van der Waals surface area contributed by atoms with Gasteiger partial charge in [-0.05, 0) is 12.1 Å². The molecule has 7 nitrogen and oxygen atoms in total. The number of hydrogen-bond donors (Lipinski definition) is 0. The summed E-state index contributed by atoms with van der Waals surface area (Å²) in [6.45, 7) is 0.990. The van der Waals surface area contributed by atoms with Crippen molar-refractivity contribution in [1.29, 1.82) is 0 Å². The van der Waals surface area contributed by atoms with Crippen molar-refractivity contribution in [1.82, 2.24) is 14.9 Å². The van der Waals surface area contributed by atoms with Crippen LogP contribution in [0.1, 0.15) is 27.1 Å². The van der Waals surface area contributed by atoms with Crippen LogP contribution in [0.15, 0.2) is 42.9 Å². The lowest BCUT2D eigenvalue weighted by molar-refractivity contribution is 0.0591. The highest BCUT2D eigenvalue weighted by atomic mass is 16.5. The number of hydrogen-bond acceptors (Lipinski definition) is 6. The molecule has 0 radical (unpaired) electrons. The van der Waals surface area contributed by atoms with Crippen molar-refractivity contribution < 1.29 is 19.1 Å². The highest BCUT2D eigenvalue weighted by molar-refractivity contribution is 6.05. The minimum Gasteiger partial charge on any atom is -0.471 e. The van der Waals surface area contributed by atoms with Crippen molar-refractivity contribution >= 4 is 11.9 Å². The Bertz CT molecular complexity index is 736. The normalized spacial score (nSPS) is 16.7. The number of methoxy groups -OCH3 is 1. The Labute approximate surface area is 139 Å². The number of nitrogens with zero attached hydrogens (tertiary/aromatic N) is 3. The largest absolute Gasteiger partial charge is 0.471 e. The van der Waals surface area contributed by atoms with E-state index in [1.807, 2.05) is 0 Å². The summed E-state index contributed by atoms with van der Waals surface area (Å²) < 4.78 is 10.5. The van der Waals surface area contributed by atoms with Crippen molar-refractivity contribution in [3.05, 3.63) is 54.0 Å². The molecule has 1 aliphatic heterocycles. The molecule has 0 bridgehead atoms. The maximum atomic E-state index is 12.7. The molecule has 0 aliphatic carbocycles. The van der Waals surface area contributed by atoms with Crippen LogP contribution in [0.5, 0.6) is 5.88 Å². The van der Waals surface area contributed by atoms with Crippen LogP contribution in [0.4, 0.5) is 0 Å². The zero-order valence-corrected chi connectivity index (χ0v) is 13.2. The Kier molecular flexibility index (Phi) is 4.69. The number of carbonyl (C=O) groups excluding carboxylic acids is 2. The average Bonchev–Trinajstić information content (AvgIpc) is 3.09. The van der Waals surface area contributed by atoms with Gasteiger partial charge in [-0.1, -0.05) is 12.1 Å². The van der Waals surface area contributed by atoms with Gasteiger partial charge in [0.2, 0.25) is 5.88 Å². The third kappa shape index (κ3) is 3.34. The molecule has 3 rings (SSSR count). The molecule has 7 heteroatoms. The first-order chi connectivity index (χ1) is 11.7. The van der Waals surface area contributed by atoms with Gasteiger partial charge in [0.1, 0.15) is 6.10 Å². The Balaban J connectivity index is 1.70. The highest BCUT2D eigenvalue weighted by Gasteiger charge is 2.30. The molecular weight excluding hydrogens is 310 g/mol. The number of rotatable bonds is 4. The number of likely N-dealkylation sites (tertiary alicyclic amines) is 1. The minimum atomic E-state index is -0.523. The van der Waals surface area contributed by atoms with Gasteiger partial charge in [-0.25, -0.2) is 9.78 Å². The molecule has 0 N–H and O–H groups in total. The van der Waals surface area contributed by atoms with E-state index in [1.165, 1.54) is 13.3 Å². The third-order valence-electron chi connectivity index (χ3n) is 3.82. The predicted molar refractivity (Wildman–Crippen MR) is 84.8 cm³/mol. The van der Waals surface area contributed by atoms with Gasteiger partial charge in [-0.2, -0.15) is 0 Å². The number of amides is 1. The Hall–Kier alpha value is -2.96. The summed E-state index contributed by atoms with van der Waals surface area (Å²) in [4.78, 5) is 34.2. The van der Waals surface area contributed by atoms with Crippen molar-refractivity contribution in [3.8, 4) is 5.88 Å². The van der Waals surface area contributed by atoms with Gasteiger partial charge in [-0.3, -0.25) is 9.78 Å². The van der Waals surface area contributed by atoms with Gasteiger partial charge in [0, 0.05) is 25.4 Å². The molecule has 2 heterocycles. The molecule has 1 aromatic carbocycles. The second-order valence-corrected chi connectivity index (χ2v) is 5.36. The fourth-order valence-electron chi connectivity index (χ4n) is 2.65. The summed E-state index contributed by atoms with van der Waals surface area (Å²) in [5.41, 5.74) is 0.604. The highest BCUT2D eigenvalue weighted by Crippen LogP contribution is 2.20. The van der Waals surface area contributed by atoms with Crippen LogP contribution < -0.4 is 4.74 Å². The van der Waals surface area contributed by atoms with Crippen LogP contribution in [-0.4, -0.2) is 53.0 Å². The molecule has 2 aromatic rings. The molecule has 1 aromatic heterocycles. The maximum absolute atomic E-state index is 12.7. The van der Waals surface area contributed by atoms with Crippen LogP contribution in [0, 0.1) is 0 Å². The van der Waals surface area contributed by atoms with Gasteiger partial charge in [0.05, 0.1) is 31.0 Å². The lowest BCUT2D eigenvalue weighted by Crippen LogP contribution is -2.32. The first-order valence-corrected chi connectivity index (χ1v) is 7.58. The van der Waals surface area contributed by atoms with E-state index >= 15 is 0 Å². The van der Waals surface area contributed by atoms with E-state index in [4.69, 9.17) is 9.47 Å². The molecule has 1 fully saturated rings. The monoisotopic (exact) mass is 327 g/mol. The van der Waals surface area contributed by atoms with Crippen molar-refractivity contribution in [2.45, 2.75) is 12.5 Å². The van der Waals surface area contributed by atoms with Gasteiger partial charge in [-0.15, -0.1) is 0 Å². The summed E-state index contributed by atoms with van der Waals surface area (Å²) in [5, 5.41) is 0. The molecule has 1 atom stereocenters. The van der Waals surface area contributed by atoms with E-state index < -0.39 is 5.97 Å².